The molecule has 2 fully saturated rings. The van der Waals surface area contributed by atoms with Crippen LogP contribution in [0.25, 0.3) is 11.2 Å². The molecule has 2 aromatic heterocycles. The highest BCUT2D eigenvalue weighted by Gasteiger charge is 2.37. The highest BCUT2D eigenvalue weighted by atomic mass is 79.9. The van der Waals surface area contributed by atoms with Crippen molar-refractivity contribution in [3.8, 4) is 0 Å². The topological polar surface area (TPSA) is 88.3 Å². The second kappa shape index (κ2) is 6.16. The van der Waals surface area contributed by atoms with Gasteiger partial charge in [0.15, 0.2) is 5.58 Å². The Labute approximate surface area is 146 Å². The summed E-state index contributed by atoms with van der Waals surface area (Å²) in [5.74, 6) is 0.177. The van der Waals surface area contributed by atoms with Gasteiger partial charge in [-0.2, -0.15) is 4.98 Å². The molecule has 1 amide bonds. The van der Waals surface area contributed by atoms with Crippen molar-refractivity contribution in [1.82, 2.24) is 14.9 Å². The van der Waals surface area contributed by atoms with E-state index in [1.54, 1.807) is 6.07 Å². The number of nitrogens with one attached hydrogen (secondary N) is 1. The van der Waals surface area contributed by atoms with Gasteiger partial charge in [0.25, 0.3) is 6.01 Å². The zero-order chi connectivity index (χ0) is 16.7. The molecule has 3 heterocycles. The molecular weight excluding hydrogens is 376 g/mol. The fourth-order valence-corrected chi connectivity index (χ4v) is 3.55. The minimum absolute atomic E-state index is 0.0926. The van der Waals surface area contributed by atoms with Crippen molar-refractivity contribution in [2.75, 3.05) is 18.4 Å². The smallest absolute Gasteiger partial charge is 0.297 e. The zero-order valence-electron chi connectivity index (χ0n) is 13.0. The van der Waals surface area contributed by atoms with E-state index >= 15 is 0 Å². The molecule has 8 heteroatoms. The number of aromatic nitrogens is 2. The summed E-state index contributed by atoms with van der Waals surface area (Å²) in [5.41, 5.74) is 1.17. The van der Waals surface area contributed by atoms with Gasteiger partial charge in [0.2, 0.25) is 11.6 Å². The molecule has 1 aliphatic heterocycles. The molecule has 0 bridgehead atoms. The van der Waals surface area contributed by atoms with E-state index in [0.29, 0.717) is 41.2 Å². The summed E-state index contributed by atoms with van der Waals surface area (Å²) in [6, 6.07) is 4.14. The third-order valence-electron chi connectivity index (χ3n) is 4.58. The maximum absolute atomic E-state index is 12.4. The van der Waals surface area contributed by atoms with Gasteiger partial charge in [-0.15, -0.1) is 0 Å². The van der Waals surface area contributed by atoms with E-state index in [0.717, 1.165) is 19.4 Å². The van der Waals surface area contributed by atoms with Crippen LogP contribution >= 0.6 is 15.9 Å². The van der Waals surface area contributed by atoms with Crippen LogP contribution in [0.2, 0.25) is 0 Å². The van der Waals surface area contributed by atoms with Gasteiger partial charge in [-0.3, -0.25) is 9.59 Å². The number of halogens is 1. The van der Waals surface area contributed by atoms with Crippen LogP contribution in [0.15, 0.2) is 21.2 Å². The fraction of sp³-hybridized carbons (Fsp3) is 0.500. The first-order valence-corrected chi connectivity index (χ1v) is 8.88. The lowest BCUT2D eigenvalue weighted by atomic mass is 9.82. The Morgan fingerprint density at radius 1 is 1.33 bits per heavy atom. The standard InChI is InChI=1S/C16H17BrN4O3/c17-13-4-3-12-14(19-13)20-16(24-12)18-10-2-1-5-21(8-10)15(23)9-6-11(22)7-9/h3-4,9-10H,1-2,5-8H2,(H,18,19,20)/t10-/m1/s1. The second-order valence-corrected chi connectivity index (χ2v) is 7.20. The average Bonchev–Trinajstić information content (AvgIpc) is 2.92. The van der Waals surface area contributed by atoms with Gasteiger partial charge in [0.05, 0.1) is 5.92 Å². The molecule has 0 aromatic carbocycles. The lowest BCUT2D eigenvalue weighted by molar-refractivity contribution is -0.145. The molecule has 7 nitrogen and oxygen atoms in total. The van der Waals surface area contributed by atoms with Crippen molar-refractivity contribution in [3.63, 3.8) is 0 Å². The normalized spacial score (nSPS) is 21.8. The van der Waals surface area contributed by atoms with E-state index in [9.17, 15) is 9.59 Å². The van der Waals surface area contributed by atoms with Crippen LogP contribution in [0.3, 0.4) is 0 Å². The average molecular weight is 393 g/mol. The van der Waals surface area contributed by atoms with Crippen LogP contribution in [-0.4, -0.2) is 45.7 Å². The number of hydrogen-bond acceptors (Lipinski definition) is 6. The lowest BCUT2D eigenvalue weighted by Gasteiger charge is -2.36. The number of likely N-dealkylation sites (tertiary alicyclic amines) is 1. The first kappa shape index (κ1) is 15.6. The number of anilines is 1. The van der Waals surface area contributed by atoms with Crippen molar-refractivity contribution in [3.05, 3.63) is 16.7 Å². The summed E-state index contributed by atoms with van der Waals surface area (Å²) in [5, 5.41) is 3.26. The number of fused-ring (bicyclic) bond motifs is 1. The van der Waals surface area contributed by atoms with Crippen LogP contribution in [0, 0.1) is 5.92 Å². The van der Waals surface area contributed by atoms with E-state index in [-0.39, 0.29) is 23.7 Å². The number of carbonyl (C=O) groups excluding carboxylic acids is 2. The van der Waals surface area contributed by atoms with Crippen LogP contribution in [0.1, 0.15) is 25.7 Å². The highest BCUT2D eigenvalue weighted by Crippen LogP contribution is 2.27. The second-order valence-electron chi connectivity index (χ2n) is 6.39. The summed E-state index contributed by atoms with van der Waals surface area (Å²) >= 11 is 3.31. The number of pyridine rings is 1. The number of oxazole rings is 1. The Morgan fingerprint density at radius 2 is 2.17 bits per heavy atom. The van der Waals surface area contributed by atoms with E-state index in [2.05, 4.69) is 31.2 Å². The van der Waals surface area contributed by atoms with Crippen molar-refractivity contribution in [2.24, 2.45) is 5.92 Å². The molecule has 1 N–H and O–H groups in total. The molecule has 1 aliphatic carbocycles. The number of Topliss-reactive ketones (excluding diaryl/α,β-unsaturated/α-hetero) is 1. The van der Waals surface area contributed by atoms with Gasteiger partial charge in [-0.1, -0.05) is 0 Å². The first-order valence-electron chi connectivity index (χ1n) is 8.08. The quantitative estimate of drug-likeness (QED) is 0.806. The van der Waals surface area contributed by atoms with Gasteiger partial charge in [0.1, 0.15) is 10.4 Å². The first-order chi connectivity index (χ1) is 11.6. The number of nitrogens with zero attached hydrogens (tertiary/aromatic N) is 3. The largest absolute Gasteiger partial charge is 0.422 e. The fourth-order valence-electron chi connectivity index (χ4n) is 3.25. The summed E-state index contributed by atoms with van der Waals surface area (Å²) in [6.07, 6.45) is 2.68. The summed E-state index contributed by atoms with van der Waals surface area (Å²) in [7, 11) is 0. The van der Waals surface area contributed by atoms with Crippen LogP contribution < -0.4 is 5.32 Å². The van der Waals surface area contributed by atoms with Gasteiger partial charge in [-0.25, -0.2) is 4.98 Å². The minimum atomic E-state index is -0.109. The highest BCUT2D eigenvalue weighted by molar-refractivity contribution is 9.10. The Bertz CT molecular complexity index is 798. The number of piperidine rings is 1. The summed E-state index contributed by atoms with van der Waals surface area (Å²) < 4.78 is 6.37. The molecule has 1 atom stereocenters. The van der Waals surface area contributed by atoms with Crippen molar-refractivity contribution < 1.29 is 14.0 Å². The molecule has 4 rings (SSSR count). The van der Waals surface area contributed by atoms with Crippen molar-refractivity contribution in [2.45, 2.75) is 31.7 Å². The molecule has 0 spiro atoms. The van der Waals surface area contributed by atoms with Gasteiger partial charge in [-0.05, 0) is 40.9 Å². The molecule has 24 heavy (non-hydrogen) atoms. The van der Waals surface area contributed by atoms with Crippen LogP contribution in [0.5, 0.6) is 0 Å². The molecule has 0 radical (unpaired) electrons. The number of amides is 1. The minimum Gasteiger partial charge on any atom is -0.422 e. The molecule has 126 valence electrons. The van der Waals surface area contributed by atoms with Crippen LogP contribution in [-0.2, 0) is 9.59 Å². The Balaban J connectivity index is 1.42. The zero-order valence-corrected chi connectivity index (χ0v) is 14.6. The van der Waals surface area contributed by atoms with Crippen molar-refractivity contribution in [1.29, 1.82) is 0 Å². The van der Waals surface area contributed by atoms with E-state index < -0.39 is 0 Å². The molecule has 2 aliphatic rings. The SMILES string of the molecule is O=C1CC(C(=O)N2CCC[C@@H](Nc3nc4nc(Br)ccc4o3)C2)C1. The maximum atomic E-state index is 12.4. The number of ketones is 1. The molecule has 1 saturated heterocycles. The van der Waals surface area contributed by atoms with Gasteiger partial charge < -0.3 is 14.6 Å². The van der Waals surface area contributed by atoms with Gasteiger partial charge in [0, 0.05) is 32.0 Å². The van der Waals surface area contributed by atoms with E-state index in [1.807, 2.05) is 11.0 Å². The summed E-state index contributed by atoms with van der Waals surface area (Å²) in [6.45, 7) is 1.36. The monoisotopic (exact) mass is 392 g/mol. The molecule has 0 unspecified atom stereocenters. The Kier molecular flexibility index (Phi) is 3.99. The van der Waals surface area contributed by atoms with Crippen LogP contribution in [0.4, 0.5) is 6.01 Å². The number of carbonyl (C=O) groups is 2. The van der Waals surface area contributed by atoms with Gasteiger partial charge >= 0.3 is 0 Å². The van der Waals surface area contributed by atoms with E-state index in [4.69, 9.17) is 4.42 Å². The number of rotatable bonds is 3. The third kappa shape index (κ3) is 3.02. The Morgan fingerprint density at radius 3 is 2.96 bits per heavy atom. The van der Waals surface area contributed by atoms with Crippen molar-refractivity contribution >= 4 is 44.9 Å². The molecule has 2 aromatic rings. The predicted molar refractivity (Wildman–Crippen MR) is 90.5 cm³/mol. The molecule has 1 saturated carbocycles. The lowest BCUT2D eigenvalue weighted by Crippen LogP contribution is -2.49. The molecular formula is C16H17BrN4O3. The Hall–Kier alpha value is -1.96. The summed E-state index contributed by atoms with van der Waals surface area (Å²) in [4.78, 5) is 33.9. The van der Waals surface area contributed by atoms with E-state index in [1.165, 1.54) is 0 Å². The maximum Gasteiger partial charge on any atom is 0.297 e. The predicted octanol–water partition coefficient (Wildman–Crippen LogP) is 2.37. The number of hydrogen-bond donors (Lipinski definition) is 1. The third-order valence-corrected chi connectivity index (χ3v) is 5.02.